The normalized spacial score (nSPS) is 10.1. The predicted molar refractivity (Wildman–Crippen MR) is 81.7 cm³/mol. The first-order valence-corrected chi connectivity index (χ1v) is 6.79. The van der Waals surface area contributed by atoms with Crippen molar-refractivity contribution in [1.82, 2.24) is 0 Å². The van der Waals surface area contributed by atoms with Crippen LogP contribution in [0.15, 0.2) is 48.5 Å². The lowest BCUT2D eigenvalue weighted by Crippen LogP contribution is -2.13. The van der Waals surface area contributed by atoms with Crippen molar-refractivity contribution in [3.8, 4) is 0 Å². The van der Waals surface area contributed by atoms with Gasteiger partial charge in [0.05, 0.1) is 4.92 Å². The van der Waals surface area contributed by atoms with Gasteiger partial charge in [0.25, 0.3) is 5.69 Å². The number of hydrogen-bond acceptors (Lipinski definition) is 4. The molecule has 0 aromatic heterocycles. The zero-order valence-electron chi connectivity index (χ0n) is 12.0. The highest BCUT2D eigenvalue weighted by Gasteiger charge is 2.10. The summed E-state index contributed by atoms with van der Waals surface area (Å²) in [7, 11) is 0. The van der Waals surface area contributed by atoms with Gasteiger partial charge in [0.15, 0.2) is 5.78 Å². The van der Waals surface area contributed by atoms with Crippen molar-refractivity contribution >= 4 is 23.1 Å². The second-order valence-corrected chi connectivity index (χ2v) is 4.78. The summed E-state index contributed by atoms with van der Waals surface area (Å²) in [4.78, 5) is 33.6. The first-order chi connectivity index (χ1) is 11.0. The molecule has 0 aliphatic heterocycles. The number of benzene rings is 2. The molecule has 7 heteroatoms. The van der Waals surface area contributed by atoms with Crippen molar-refractivity contribution in [1.29, 1.82) is 0 Å². The van der Waals surface area contributed by atoms with E-state index in [0.29, 0.717) is 11.3 Å². The van der Waals surface area contributed by atoms with Crippen LogP contribution in [0.4, 0.5) is 15.8 Å². The van der Waals surface area contributed by atoms with E-state index in [1.807, 2.05) is 0 Å². The number of nitro groups is 1. The topological polar surface area (TPSA) is 89.3 Å². The highest BCUT2D eigenvalue weighted by Crippen LogP contribution is 2.16. The quantitative estimate of drug-likeness (QED) is 0.503. The van der Waals surface area contributed by atoms with E-state index in [1.54, 1.807) is 0 Å². The number of non-ortho nitro benzene ring substituents is 1. The number of Topliss-reactive ketones (excluding diaryl/α,β-unsaturated/α-hetero) is 1. The molecule has 0 radical (unpaired) electrons. The Labute approximate surface area is 131 Å². The molecule has 23 heavy (non-hydrogen) atoms. The number of nitrogens with zero attached hydrogens (tertiary/aromatic N) is 1. The van der Waals surface area contributed by atoms with E-state index in [9.17, 15) is 24.1 Å². The molecule has 0 fully saturated rings. The van der Waals surface area contributed by atoms with Crippen molar-refractivity contribution in [3.05, 3.63) is 70.0 Å². The lowest BCUT2D eigenvalue weighted by Gasteiger charge is -2.05. The van der Waals surface area contributed by atoms with Gasteiger partial charge < -0.3 is 5.32 Å². The number of rotatable bonds is 6. The third kappa shape index (κ3) is 4.70. The van der Waals surface area contributed by atoms with E-state index < -0.39 is 10.7 Å². The fourth-order valence-electron chi connectivity index (χ4n) is 1.90. The Balaban J connectivity index is 1.86. The second kappa shape index (κ2) is 7.26. The Bertz CT molecular complexity index is 727. The van der Waals surface area contributed by atoms with Crippen LogP contribution in [-0.4, -0.2) is 16.6 Å². The van der Waals surface area contributed by atoms with Crippen LogP contribution in [0.5, 0.6) is 0 Å². The summed E-state index contributed by atoms with van der Waals surface area (Å²) >= 11 is 0. The summed E-state index contributed by atoms with van der Waals surface area (Å²) in [6, 6.07) is 10.5. The minimum Gasteiger partial charge on any atom is -0.326 e. The summed E-state index contributed by atoms with van der Waals surface area (Å²) in [5.41, 5.74) is 0.679. The zero-order valence-corrected chi connectivity index (χ0v) is 12.0. The Hall–Kier alpha value is -3.09. The molecule has 0 unspecified atom stereocenters. The van der Waals surface area contributed by atoms with Crippen LogP contribution in [-0.2, 0) is 4.79 Å². The molecule has 0 bridgehead atoms. The van der Waals surface area contributed by atoms with Crippen LogP contribution in [0.1, 0.15) is 23.2 Å². The zero-order chi connectivity index (χ0) is 16.8. The highest BCUT2D eigenvalue weighted by molar-refractivity contribution is 5.99. The van der Waals surface area contributed by atoms with Gasteiger partial charge in [0.1, 0.15) is 5.82 Å². The third-order valence-electron chi connectivity index (χ3n) is 3.11. The second-order valence-electron chi connectivity index (χ2n) is 4.78. The van der Waals surface area contributed by atoms with E-state index >= 15 is 0 Å². The van der Waals surface area contributed by atoms with Crippen LogP contribution < -0.4 is 5.32 Å². The van der Waals surface area contributed by atoms with Crippen LogP contribution in [0.3, 0.4) is 0 Å². The monoisotopic (exact) mass is 316 g/mol. The fraction of sp³-hybridized carbons (Fsp3) is 0.125. The van der Waals surface area contributed by atoms with Gasteiger partial charge in [-0.3, -0.25) is 19.7 Å². The molecule has 0 atom stereocenters. The Morgan fingerprint density at radius 2 is 1.61 bits per heavy atom. The number of amides is 1. The van der Waals surface area contributed by atoms with Crippen molar-refractivity contribution in [2.75, 3.05) is 5.32 Å². The Morgan fingerprint density at radius 1 is 1.00 bits per heavy atom. The van der Waals surface area contributed by atoms with Gasteiger partial charge in [-0.1, -0.05) is 0 Å². The summed E-state index contributed by atoms with van der Waals surface area (Å²) in [6.07, 6.45) is -0.0440. The van der Waals surface area contributed by atoms with Crippen LogP contribution in [0.2, 0.25) is 0 Å². The number of anilines is 1. The number of carbonyl (C=O) groups excluding carboxylic acids is 2. The first-order valence-electron chi connectivity index (χ1n) is 6.79. The lowest BCUT2D eigenvalue weighted by atomic mass is 10.1. The van der Waals surface area contributed by atoms with E-state index in [-0.39, 0.29) is 30.2 Å². The van der Waals surface area contributed by atoms with Crippen molar-refractivity contribution < 1.29 is 18.9 Å². The predicted octanol–water partition coefficient (Wildman–Crippen LogP) is 3.34. The average Bonchev–Trinajstić information content (AvgIpc) is 2.54. The molecule has 1 N–H and O–H groups in total. The van der Waals surface area contributed by atoms with Gasteiger partial charge in [0.2, 0.25) is 5.91 Å². The minimum atomic E-state index is -0.535. The molecule has 0 aliphatic rings. The molecule has 0 spiro atoms. The smallest absolute Gasteiger partial charge is 0.269 e. The molecule has 0 saturated heterocycles. The van der Waals surface area contributed by atoms with Crippen molar-refractivity contribution in [2.24, 2.45) is 0 Å². The van der Waals surface area contributed by atoms with Gasteiger partial charge in [0, 0.05) is 36.2 Å². The molecule has 2 aromatic carbocycles. The van der Waals surface area contributed by atoms with Crippen LogP contribution in [0, 0.1) is 15.9 Å². The summed E-state index contributed by atoms with van der Waals surface area (Å²) in [5.74, 6) is -1.07. The highest BCUT2D eigenvalue weighted by atomic mass is 19.1. The Morgan fingerprint density at radius 3 is 2.17 bits per heavy atom. The summed E-state index contributed by atoms with van der Waals surface area (Å²) in [6.45, 7) is 0. The number of nitro benzene ring substituents is 1. The fourth-order valence-corrected chi connectivity index (χ4v) is 1.90. The SMILES string of the molecule is O=C(CCC(=O)c1ccc(F)cc1)Nc1ccc([N+](=O)[O-])cc1. The average molecular weight is 316 g/mol. The van der Waals surface area contributed by atoms with E-state index in [0.717, 1.165) is 0 Å². The van der Waals surface area contributed by atoms with E-state index in [4.69, 9.17) is 0 Å². The maximum Gasteiger partial charge on any atom is 0.269 e. The number of carbonyl (C=O) groups is 2. The summed E-state index contributed by atoms with van der Waals surface area (Å²) in [5, 5.41) is 13.1. The van der Waals surface area contributed by atoms with Crippen LogP contribution in [0.25, 0.3) is 0 Å². The van der Waals surface area contributed by atoms with Crippen molar-refractivity contribution in [3.63, 3.8) is 0 Å². The van der Waals surface area contributed by atoms with E-state index in [2.05, 4.69) is 5.32 Å². The molecule has 2 rings (SSSR count). The molecule has 0 aliphatic carbocycles. The third-order valence-corrected chi connectivity index (χ3v) is 3.11. The van der Waals surface area contributed by atoms with Crippen LogP contribution >= 0.6 is 0 Å². The maximum absolute atomic E-state index is 12.8. The molecule has 0 heterocycles. The molecule has 118 valence electrons. The molecule has 1 amide bonds. The standard InChI is InChI=1S/C16H13FN2O4/c17-12-3-1-11(2-4-12)15(20)9-10-16(21)18-13-5-7-14(8-6-13)19(22)23/h1-8H,9-10H2,(H,18,21). The number of hydrogen-bond donors (Lipinski definition) is 1. The Kier molecular flexibility index (Phi) is 5.14. The van der Waals surface area contributed by atoms with Gasteiger partial charge >= 0.3 is 0 Å². The molecular formula is C16H13FN2O4. The largest absolute Gasteiger partial charge is 0.326 e. The lowest BCUT2D eigenvalue weighted by molar-refractivity contribution is -0.384. The number of ketones is 1. The van der Waals surface area contributed by atoms with Gasteiger partial charge in [-0.05, 0) is 36.4 Å². The molecule has 0 saturated carbocycles. The number of nitrogens with one attached hydrogen (secondary N) is 1. The van der Waals surface area contributed by atoms with Gasteiger partial charge in [-0.15, -0.1) is 0 Å². The van der Waals surface area contributed by atoms with Gasteiger partial charge in [-0.25, -0.2) is 4.39 Å². The molecular weight excluding hydrogens is 303 g/mol. The summed E-state index contributed by atoms with van der Waals surface area (Å²) < 4.78 is 12.8. The first kappa shape index (κ1) is 16.3. The number of halogens is 1. The van der Waals surface area contributed by atoms with Gasteiger partial charge in [-0.2, -0.15) is 0 Å². The molecule has 2 aromatic rings. The molecule has 6 nitrogen and oxygen atoms in total. The maximum atomic E-state index is 12.8. The van der Waals surface area contributed by atoms with Crippen molar-refractivity contribution in [2.45, 2.75) is 12.8 Å². The minimum absolute atomic E-state index is 0.00948. The van der Waals surface area contributed by atoms with E-state index in [1.165, 1.54) is 48.5 Å².